The number of likely N-dealkylation sites (N-methyl/N-ethyl adjacent to an activating group) is 1. The largest absolute Gasteiger partial charge is 0.466 e. The van der Waals surface area contributed by atoms with Gasteiger partial charge in [0.15, 0.2) is 0 Å². The molecule has 1 amide bonds. The number of hydrogen-bond donors (Lipinski definition) is 1. The Balaban J connectivity index is 1.99. The summed E-state index contributed by atoms with van der Waals surface area (Å²) in [6.07, 6.45) is 0. The molecule has 9 heteroatoms. The first-order chi connectivity index (χ1) is 15.2. The van der Waals surface area contributed by atoms with Crippen LogP contribution in [0.25, 0.3) is 0 Å². The van der Waals surface area contributed by atoms with E-state index in [1.165, 1.54) is 4.31 Å². The Morgan fingerprint density at radius 3 is 2.25 bits per heavy atom. The smallest absolute Gasteiger partial charge is 0.259 e. The number of amides is 1. The lowest BCUT2D eigenvalue weighted by Crippen LogP contribution is -2.46. The van der Waals surface area contributed by atoms with Gasteiger partial charge in [0, 0.05) is 39.3 Å². The molecule has 0 spiro atoms. The second kappa shape index (κ2) is 10.1. The minimum atomic E-state index is -3.65. The van der Waals surface area contributed by atoms with E-state index in [1.807, 2.05) is 13.8 Å². The van der Waals surface area contributed by atoms with E-state index in [-0.39, 0.29) is 10.8 Å². The highest BCUT2D eigenvalue weighted by atomic mass is 32.2. The Morgan fingerprint density at radius 2 is 1.72 bits per heavy atom. The van der Waals surface area contributed by atoms with E-state index < -0.39 is 10.0 Å². The predicted octanol–water partition coefficient (Wildman–Crippen LogP) is 3.32. The van der Waals surface area contributed by atoms with Crippen LogP contribution in [-0.4, -0.2) is 69.3 Å². The van der Waals surface area contributed by atoms with Gasteiger partial charge in [0.05, 0.1) is 21.8 Å². The first kappa shape index (κ1) is 24.3. The lowest BCUT2D eigenvalue weighted by molar-refractivity contribution is 0.102. The SMILES string of the molecule is CCN1CCN(c2ccc(S(=O)(=O)N(CC)CC)cc2NC(=O)c2cc(C)oc2C)CC1. The van der Waals surface area contributed by atoms with Crippen molar-refractivity contribution in [3.63, 3.8) is 0 Å². The summed E-state index contributed by atoms with van der Waals surface area (Å²) in [6.45, 7) is 14.5. The van der Waals surface area contributed by atoms with Crippen molar-refractivity contribution in [3.8, 4) is 0 Å². The van der Waals surface area contributed by atoms with Gasteiger partial charge in [0.1, 0.15) is 11.5 Å². The number of sulfonamides is 1. The molecule has 8 nitrogen and oxygen atoms in total. The van der Waals surface area contributed by atoms with Gasteiger partial charge in [-0.15, -0.1) is 0 Å². The number of carbonyl (C=O) groups excluding carboxylic acids is 1. The molecular weight excluding hydrogens is 428 g/mol. The molecule has 0 atom stereocenters. The molecule has 1 aliphatic heterocycles. The molecule has 1 fully saturated rings. The molecule has 1 aliphatic rings. The summed E-state index contributed by atoms with van der Waals surface area (Å²) < 4.78 is 33.1. The quantitative estimate of drug-likeness (QED) is 0.648. The molecule has 0 unspecified atom stereocenters. The van der Waals surface area contributed by atoms with Crippen molar-refractivity contribution in [1.82, 2.24) is 9.21 Å². The van der Waals surface area contributed by atoms with Gasteiger partial charge < -0.3 is 19.5 Å². The van der Waals surface area contributed by atoms with E-state index in [9.17, 15) is 13.2 Å². The number of benzene rings is 1. The molecule has 1 saturated heterocycles. The van der Waals surface area contributed by atoms with Gasteiger partial charge in [0.2, 0.25) is 10.0 Å². The molecule has 0 bridgehead atoms. The summed E-state index contributed by atoms with van der Waals surface area (Å²) in [4.78, 5) is 17.8. The summed E-state index contributed by atoms with van der Waals surface area (Å²) in [6, 6.07) is 6.72. The first-order valence-corrected chi connectivity index (χ1v) is 12.6. The number of aryl methyl sites for hydroxylation is 2. The summed E-state index contributed by atoms with van der Waals surface area (Å²) in [5, 5.41) is 2.95. The van der Waals surface area contributed by atoms with Crippen molar-refractivity contribution in [2.75, 3.05) is 56.0 Å². The van der Waals surface area contributed by atoms with E-state index in [2.05, 4.69) is 22.0 Å². The fourth-order valence-electron chi connectivity index (χ4n) is 4.11. The van der Waals surface area contributed by atoms with Crippen LogP contribution < -0.4 is 10.2 Å². The van der Waals surface area contributed by atoms with Crippen LogP contribution in [0.1, 0.15) is 42.6 Å². The number of carbonyl (C=O) groups is 1. The van der Waals surface area contributed by atoms with Gasteiger partial charge in [-0.1, -0.05) is 20.8 Å². The van der Waals surface area contributed by atoms with E-state index in [0.29, 0.717) is 35.9 Å². The van der Waals surface area contributed by atoms with Gasteiger partial charge >= 0.3 is 0 Å². The number of nitrogens with one attached hydrogen (secondary N) is 1. The van der Waals surface area contributed by atoms with E-state index in [4.69, 9.17) is 4.42 Å². The molecule has 176 valence electrons. The van der Waals surface area contributed by atoms with Crippen molar-refractivity contribution >= 4 is 27.3 Å². The zero-order chi connectivity index (χ0) is 23.5. The van der Waals surface area contributed by atoms with Gasteiger partial charge in [-0.2, -0.15) is 4.31 Å². The number of nitrogens with zero attached hydrogens (tertiary/aromatic N) is 3. The third kappa shape index (κ3) is 5.00. The Bertz CT molecular complexity index is 1050. The standard InChI is InChI=1S/C23H34N4O4S/c1-6-25-11-13-26(14-12-25)22-10-9-19(32(29,30)27(7-2)8-3)16-21(22)24-23(28)20-15-17(4)31-18(20)5/h9-10,15-16H,6-8,11-14H2,1-5H3,(H,24,28). The summed E-state index contributed by atoms with van der Waals surface area (Å²) in [5.41, 5.74) is 1.76. The molecule has 0 radical (unpaired) electrons. The fourth-order valence-corrected chi connectivity index (χ4v) is 5.60. The molecule has 1 aromatic carbocycles. The van der Waals surface area contributed by atoms with Gasteiger partial charge in [0.25, 0.3) is 5.91 Å². The Morgan fingerprint density at radius 1 is 1.06 bits per heavy atom. The van der Waals surface area contributed by atoms with Crippen molar-refractivity contribution in [1.29, 1.82) is 0 Å². The topological polar surface area (TPSA) is 86.1 Å². The van der Waals surface area contributed by atoms with Crippen LogP contribution in [0.2, 0.25) is 0 Å². The van der Waals surface area contributed by atoms with E-state index in [1.54, 1.807) is 38.1 Å². The normalized spacial score (nSPS) is 15.4. The molecule has 2 heterocycles. The van der Waals surface area contributed by atoms with Crippen LogP contribution in [0.5, 0.6) is 0 Å². The van der Waals surface area contributed by atoms with Gasteiger partial charge in [-0.25, -0.2) is 8.42 Å². The average Bonchev–Trinajstić information content (AvgIpc) is 3.12. The Hall–Kier alpha value is -2.36. The number of piperazine rings is 1. The van der Waals surface area contributed by atoms with E-state index >= 15 is 0 Å². The lowest BCUT2D eigenvalue weighted by atomic mass is 10.2. The maximum absolute atomic E-state index is 13.1. The molecule has 0 saturated carbocycles. The molecular formula is C23H34N4O4S. The molecule has 1 N–H and O–H groups in total. The predicted molar refractivity (Wildman–Crippen MR) is 127 cm³/mol. The second-order valence-electron chi connectivity index (χ2n) is 7.97. The second-order valence-corrected chi connectivity index (χ2v) is 9.91. The van der Waals surface area contributed by atoms with Gasteiger partial charge in [-0.3, -0.25) is 4.79 Å². The molecule has 0 aliphatic carbocycles. The van der Waals surface area contributed by atoms with Crippen LogP contribution in [0, 0.1) is 13.8 Å². The highest BCUT2D eigenvalue weighted by Gasteiger charge is 2.26. The molecule has 3 rings (SSSR count). The number of hydrogen-bond acceptors (Lipinski definition) is 6. The molecule has 32 heavy (non-hydrogen) atoms. The van der Waals surface area contributed by atoms with Crippen LogP contribution in [0.3, 0.4) is 0 Å². The van der Waals surface area contributed by atoms with Crippen molar-refractivity contribution in [3.05, 3.63) is 41.3 Å². The third-order valence-corrected chi connectivity index (χ3v) is 8.05. The fraction of sp³-hybridized carbons (Fsp3) is 0.522. The number of anilines is 2. The van der Waals surface area contributed by atoms with Crippen LogP contribution in [-0.2, 0) is 10.0 Å². The zero-order valence-corrected chi connectivity index (χ0v) is 20.5. The number of rotatable bonds is 8. The lowest BCUT2D eigenvalue weighted by Gasteiger charge is -2.36. The maximum atomic E-state index is 13.1. The highest BCUT2D eigenvalue weighted by molar-refractivity contribution is 7.89. The van der Waals surface area contributed by atoms with Crippen LogP contribution in [0.15, 0.2) is 33.6 Å². The Kier molecular flexibility index (Phi) is 7.63. The minimum Gasteiger partial charge on any atom is -0.466 e. The van der Waals surface area contributed by atoms with Crippen LogP contribution in [0.4, 0.5) is 11.4 Å². The summed E-state index contributed by atoms with van der Waals surface area (Å²) >= 11 is 0. The van der Waals surface area contributed by atoms with Crippen molar-refractivity contribution < 1.29 is 17.6 Å². The summed E-state index contributed by atoms with van der Waals surface area (Å²) in [5.74, 6) is 0.872. The highest BCUT2D eigenvalue weighted by Crippen LogP contribution is 2.32. The third-order valence-electron chi connectivity index (χ3n) is 6.01. The summed E-state index contributed by atoms with van der Waals surface area (Å²) in [7, 11) is -3.65. The zero-order valence-electron chi connectivity index (χ0n) is 19.6. The van der Waals surface area contributed by atoms with Gasteiger partial charge in [-0.05, 0) is 44.7 Å². The minimum absolute atomic E-state index is 0.174. The monoisotopic (exact) mass is 462 g/mol. The van der Waals surface area contributed by atoms with E-state index in [0.717, 1.165) is 38.4 Å². The Labute approximate surface area is 191 Å². The number of furan rings is 1. The van der Waals surface area contributed by atoms with Crippen LogP contribution >= 0.6 is 0 Å². The van der Waals surface area contributed by atoms with Crippen molar-refractivity contribution in [2.45, 2.75) is 39.5 Å². The molecule has 1 aromatic heterocycles. The first-order valence-electron chi connectivity index (χ1n) is 11.2. The van der Waals surface area contributed by atoms with Crippen molar-refractivity contribution in [2.24, 2.45) is 0 Å². The average molecular weight is 463 g/mol. The maximum Gasteiger partial charge on any atom is 0.259 e. The molecule has 2 aromatic rings.